The van der Waals surface area contributed by atoms with E-state index in [0.717, 1.165) is 17.5 Å². The fourth-order valence-electron chi connectivity index (χ4n) is 2.08. The lowest BCUT2D eigenvalue weighted by molar-refractivity contribution is -0.154. The molecule has 1 atom stereocenters. The van der Waals surface area contributed by atoms with Crippen LogP contribution < -0.4 is 4.74 Å². The zero-order valence-electron chi connectivity index (χ0n) is 12.7. The van der Waals surface area contributed by atoms with E-state index in [-0.39, 0.29) is 0 Å². The summed E-state index contributed by atoms with van der Waals surface area (Å²) in [6, 6.07) is 15.2. The number of ether oxygens (including phenoxy) is 1. The molecule has 0 aliphatic rings. The quantitative estimate of drug-likeness (QED) is 0.849. The van der Waals surface area contributed by atoms with E-state index in [1.54, 1.807) is 19.9 Å². The van der Waals surface area contributed by atoms with E-state index in [1.165, 1.54) is 0 Å². The minimum Gasteiger partial charge on any atom is -0.478 e. The van der Waals surface area contributed by atoms with Crippen molar-refractivity contribution in [3.05, 3.63) is 64.7 Å². The van der Waals surface area contributed by atoms with Gasteiger partial charge in [0, 0.05) is 5.02 Å². The van der Waals surface area contributed by atoms with Gasteiger partial charge in [0.1, 0.15) is 5.75 Å². The summed E-state index contributed by atoms with van der Waals surface area (Å²) in [6.45, 7) is 3.38. The van der Waals surface area contributed by atoms with Crippen LogP contribution in [0.2, 0.25) is 5.02 Å². The molecule has 0 fully saturated rings. The summed E-state index contributed by atoms with van der Waals surface area (Å²) in [6.07, 6.45) is 1.13. The fraction of sp³-hybridized carbons (Fsp3) is 0.278. The molecule has 0 saturated heterocycles. The summed E-state index contributed by atoms with van der Waals surface area (Å²) in [5, 5.41) is 10.00. The first-order valence-corrected chi connectivity index (χ1v) is 7.56. The molecule has 0 aromatic heterocycles. The van der Waals surface area contributed by atoms with E-state index >= 15 is 0 Å². The third kappa shape index (κ3) is 4.01. The molecule has 0 aliphatic heterocycles. The maximum atomic E-state index is 11.3. The Hall–Kier alpha value is -2.00. The fourth-order valence-corrected chi connectivity index (χ4v) is 2.21. The Morgan fingerprint density at radius 2 is 1.86 bits per heavy atom. The molecule has 2 rings (SSSR count). The van der Waals surface area contributed by atoms with Crippen LogP contribution in [0.1, 0.15) is 31.4 Å². The van der Waals surface area contributed by atoms with Gasteiger partial charge in [-0.25, -0.2) is 4.79 Å². The highest BCUT2D eigenvalue weighted by Gasteiger charge is 2.33. The van der Waals surface area contributed by atoms with Gasteiger partial charge in [0.05, 0.1) is 0 Å². The van der Waals surface area contributed by atoms with Crippen molar-refractivity contribution in [2.45, 2.75) is 32.3 Å². The monoisotopic (exact) mass is 318 g/mol. The molecule has 1 N–H and O–H groups in total. The predicted molar refractivity (Wildman–Crippen MR) is 87.7 cm³/mol. The maximum absolute atomic E-state index is 11.3. The third-order valence-corrected chi connectivity index (χ3v) is 3.94. The highest BCUT2D eigenvalue weighted by molar-refractivity contribution is 6.30. The van der Waals surface area contributed by atoms with E-state index in [9.17, 15) is 9.90 Å². The average Bonchev–Trinajstić information content (AvgIpc) is 2.49. The van der Waals surface area contributed by atoms with Gasteiger partial charge in [-0.05, 0) is 55.2 Å². The van der Waals surface area contributed by atoms with Gasteiger partial charge >= 0.3 is 5.97 Å². The molecule has 4 heteroatoms. The van der Waals surface area contributed by atoms with Crippen LogP contribution >= 0.6 is 11.6 Å². The van der Waals surface area contributed by atoms with Crippen molar-refractivity contribution in [1.82, 2.24) is 0 Å². The van der Waals surface area contributed by atoms with Gasteiger partial charge in [-0.1, -0.05) is 42.8 Å². The lowest BCUT2D eigenvalue weighted by Crippen LogP contribution is -2.40. The van der Waals surface area contributed by atoms with Crippen LogP contribution in [-0.4, -0.2) is 16.7 Å². The van der Waals surface area contributed by atoms with Gasteiger partial charge in [0.2, 0.25) is 5.60 Å². The van der Waals surface area contributed by atoms with Crippen LogP contribution in [0.4, 0.5) is 0 Å². The lowest BCUT2D eigenvalue weighted by Gasteiger charge is -2.25. The number of hydrogen-bond donors (Lipinski definition) is 1. The number of hydrogen-bond acceptors (Lipinski definition) is 2. The first-order chi connectivity index (χ1) is 10.4. The van der Waals surface area contributed by atoms with Gasteiger partial charge in [-0.15, -0.1) is 0 Å². The largest absolute Gasteiger partial charge is 0.478 e. The summed E-state index contributed by atoms with van der Waals surface area (Å²) in [5.74, 6) is -0.392. The molecule has 116 valence electrons. The number of carboxylic acids is 1. The summed E-state index contributed by atoms with van der Waals surface area (Å²) in [4.78, 5) is 11.3. The van der Waals surface area contributed by atoms with Crippen LogP contribution in [-0.2, 0) is 11.2 Å². The van der Waals surface area contributed by atoms with Crippen molar-refractivity contribution in [1.29, 1.82) is 0 Å². The molecule has 0 radical (unpaired) electrons. The van der Waals surface area contributed by atoms with Crippen LogP contribution in [0.15, 0.2) is 48.5 Å². The maximum Gasteiger partial charge on any atom is 0.347 e. The zero-order valence-corrected chi connectivity index (χ0v) is 13.4. The van der Waals surface area contributed by atoms with Crippen molar-refractivity contribution in [2.75, 3.05) is 0 Å². The minimum absolute atomic E-state index is 0.393. The van der Waals surface area contributed by atoms with Gasteiger partial charge in [0.15, 0.2) is 0 Å². The zero-order chi connectivity index (χ0) is 16.2. The van der Waals surface area contributed by atoms with E-state index in [4.69, 9.17) is 16.3 Å². The van der Waals surface area contributed by atoms with Crippen molar-refractivity contribution in [2.24, 2.45) is 0 Å². The van der Waals surface area contributed by atoms with E-state index in [0.29, 0.717) is 17.2 Å². The molecule has 0 amide bonds. The lowest BCUT2D eigenvalue weighted by atomic mass is 10.0. The molecule has 0 bridgehead atoms. The summed E-state index contributed by atoms with van der Waals surface area (Å²) in [7, 11) is 0. The van der Waals surface area contributed by atoms with E-state index in [1.807, 2.05) is 42.5 Å². The average molecular weight is 319 g/mol. The molecule has 22 heavy (non-hydrogen) atoms. The minimum atomic E-state index is -1.21. The Labute approximate surface area is 135 Å². The predicted octanol–water partition coefficient (Wildman–Crippen LogP) is 4.56. The molecular weight excluding hydrogens is 300 g/mol. The number of rotatable bonds is 6. The highest BCUT2D eigenvalue weighted by Crippen LogP contribution is 2.24. The molecule has 3 nitrogen and oxygen atoms in total. The Morgan fingerprint density at radius 1 is 1.18 bits per heavy atom. The Morgan fingerprint density at radius 3 is 2.45 bits per heavy atom. The second-order valence-corrected chi connectivity index (χ2v) is 5.88. The summed E-state index contributed by atoms with van der Waals surface area (Å²) < 4.78 is 5.69. The Bertz CT molecular complexity index is 652. The van der Waals surface area contributed by atoms with Crippen molar-refractivity contribution in [3.63, 3.8) is 0 Å². The van der Waals surface area contributed by atoms with Crippen molar-refractivity contribution >= 4 is 17.6 Å². The summed E-state index contributed by atoms with van der Waals surface area (Å²) >= 11 is 5.88. The second-order valence-electron chi connectivity index (χ2n) is 5.44. The van der Waals surface area contributed by atoms with E-state index < -0.39 is 11.6 Å². The van der Waals surface area contributed by atoms with Gasteiger partial charge in [0.25, 0.3) is 0 Å². The highest BCUT2D eigenvalue weighted by atomic mass is 35.5. The van der Waals surface area contributed by atoms with Gasteiger partial charge in [-0.2, -0.15) is 0 Å². The third-order valence-electron chi connectivity index (χ3n) is 3.69. The molecule has 1 unspecified atom stereocenters. The van der Waals surface area contributed by atoms with E-state index in [2.05, 4.69) is 0 Å². The van der Waals surface area contributed by atoms with Crippen LogP contribution in [0.5, 0.6) is 5.75 Å². The molecule has 0 spiro atoms. The van der Waals surface area contributed by atoms with Gasteiger partial charge < -0.3 is 9.84 Å². The number of benzene rings is 2. The van der Waals surface area contributed by atoms with Crippen molar-refractivity contribution in [3.8, 4) is 5.75 Å². The van der Waals surface area contributed by atoms with Crippen LogP contribution in [0.25, 0.3) is 0 Å². The molecule has 2 aromatic carbocycles. The van der Waals surface area contributed by atoms with Crippen LogP contribution in [0, 0.1) is 0 Å². The number of carbonyl (C=O) groups is 1. The number of aliphatic carboxylic acids is 1. The topological polar surface area (TPSA) is 46.5 Å². The number of carboxylic acid groups (broad SMARTS) is 1. The molecule has 2 aromatic rings. The molecular formula is C18H19ClO3. The van der Waals surface area contributed by atoms with Crippen LogP contribution in [0.3, 0.4) is 0 Å². The molecule has 0 heterocycles. The normalized spacial score (nSPS) is 13.4. The first kappa shape index (κ1) is 16.4. The Kier molecular flexibility index (Phi) is 5.09. The number of halogens is 1. The standard InChI is InChI=1S/C18H19ClO3/c1-3-18(2,17(20)21)22-16-6-4-5-14(12-16)11-13-7-9-15(19)10-8-13/h4-10,12H,3,11H2,1-2H3,(H,20,21). The smallest absolute Gasteiger partial charge is 0.347 e. The molecule has 0 aliphatic carbocycles. The SMILES string of the molecule is CCC(C)(Oc1cccc(Cc2ccc(Cl)cc2)c1)C(=O)O. The molecule has 0 saturated carbocycles. The van der Waals surface area contributed by atoms with Crippen molar-refractivity contribution < 1.29 is 14.6 Å². The van der Waals surface area contributed by atoms with Gasteiger partial charge in [-0.3, -0.25) is 0 Å². The summed E-state index contributed by atoms with van der Waals surface area (Å²) in [5.41, 5.74) is 0.987. The Balaban J connectivity index is 2.16. The second kappa shape index (κ2) is 6.84. The first-order valence-electron chi connectivity index (χ1n) is 7.19.